The van der Waals surface area contributed by atoms with Crippen molar-refractivity contribution >= 4 is 27.1 Å². The van der Waals surface area contributed by atoms with E-state index in [0.29, 0.717) is 37.6 Å². The zero-order chi connectivity index (χ0) is 26.1. The Morgan fingerprint density at radius 1 is 0.917 bits per heavy atom. The van der Waals surface area contributed by atoms with E-state index in [1.54, 1.807) is 12.1 Å². The quantitative estimate of drug-likeness (QED) is 0.561. The second-order valence-electron chi connectivity index (χ2n) is 9.02. The SMILES string of the molecule is C=C(c1cc(S(=O)(=O)NC)ccc1N1CCCCC1)N1CCN(c2ccc(C(F)(F)F)c(F)c2)CC1. The molecule has 2 heterocycles. The minimum Gasteiger partial charge on any atom is -0.371 e. The summed E-state index contributed by atoms with van der Waals surface area (Å²) < 4.78 is 80.1. The van der Waals surface area contributed by atoms with Crippen LogP contribution in [-0.2, 0) is 16.2 Å². The minimum absolute atomic E-state index is 0.153. The van der Waals surface area contributed by atoms with Gasteiger partial charge in [-0.15, -0.1) is 0 Å². The highest BCUT2D eigenvalue weighted by molar-refractivity contribution is 7.89. The molecule has 0 saturated carbocycles. The molecule has 0 radical (unpaired) electrons. The molecule has 4 rings (SSSR count). The zero-order valence-corrected chi connectivity index (χ0v) is 20.9. The monoisotopic (exact) mass is 526 g/mol. The van der Waals surface area contributed by atoms with Crippen molar-refractivity contribution in [2.75, 3.05) is 56.1 Å². The molecule has 1 N–H and O–H groups in total. The van der Waals surface area contributed by atoms with Gasteiger partial charge in [0.1, 0.15) is 5.82 Å². The van der Waals surface area contributed by atoms with E-state index in [1.807, 2.05) is 15.9 Å². The Kier molecular flexibility index (Phi) is 7.51. The fourth-order valence-corrected chi connectivity index (χ4v) is 5.53. The minimum atomic E-state index is -4.74. The van der Waals surface area contributed by atoms with Gasteiger partial charge in [-0.25, -0.2) is 17.5 Å². The highest BCUT2D eigenvalue weighted by Crippen LogP contribution is 2.35. The molecule has 6 nitrogen and oxygen atoms in total. The summed E-state index contributed by atoms with van der Waals surface area (Å²) >= 11 is 0. The summed E-state index contributed by atoms with van der Waals surface area (Å²) in [7, 11) is -2.28. The molecule has 2 saturated heterocycles. The van der Waals surface area contributed by atoms with Gasteiger partial charge < -0.3 is 14.7 Å². The van der Waals surface area contributed by atoms with Crippen molar-refractivity contribution in [3.63, 3.8) is 0 Å². The molecule has 2 aliphatic heterocycles. The van der Waals surface area contributed by atoms with E-state index in [2.05, 4.69) is 16.2 Å². The summed E-state index contributed by atoms with van der Waals surface area (Å²) in [6.45, 7) is 7.96. The first kappa shape index (κ1) is 26.3. The summed E-state index contributed by atoms with van der Waals surface area (Å²) in [5.74, 6) is -1.29. The molecule has 0 unspecified atom stereocenters. The van der Waals surface area contributed by atoms with E-state index in [1.165, 1.54) is 13.1 Å². The number of alkyl halides is 3. The van der Waals surface area contributed by atoms with E-state index in [9.17, 15) is 26.0 Å². The first-order valence-corrected chi connectivity index (χ1v) is 13.4. The van der Waals surface area contributed by atoms with Crippen LogP contribution in [0.15, 0.2) is 47.9 Å². The Labute approximate surface area is 209 Å². The van der Waals surface area contributed by atoms with Crippen LogP contribution in [-0.4, -0.2) is 59.6 Å². The third-order valence-electron chi connectivity index (χ3n) is 6.84. The molecule has 2 aliphatic rings. The first-order valence-electron chi connectivity index (χ1n) is 11.9. The van der Waals surface area contributed by atoms with Crippen LogP contribution in [0.25, 0.3) is 5.70 Å². The van der Waals surface area contributed by atoms with Gasteiger partial charge in [-0.1, -0.05) is 6.58 Å². The number of nitrogens with one attached hydrogen (secondary N) is 1. The number of nitrogens with zero attached hydrogens (tertiary/aromatic N) is 3. The molecule has 0 aromatic heterocycles. The molecule has 196 valence electrons. The molecule has 0 spiro atoms. The first-order chi connectivity index (χ1) is 17.0. The molecule has 0 amide bonds. The average Bonchev–Trinajstić information content (AvgIpc) is 2.87. The fourth-order valence-electron chi connectivity index (χ4n) is 4.78. The number of hydrogen-bond donors (Lipinski definition) is 1. The van der Waals surface area contributed by atoms with Gasteiger partial charge in [-0.05, 0) is 62.7 Å². The highest BCUT2D eigenvalue weighted by Gasteiger charge is 2.34. The van der Waals surface area contributed by atoms with Crippen LogP contribution in [0.2, 0.25) is 0 Å². The van der Waals surface area contributed by atoms with E-state index in [0.717, 1.165) is 55.7 Å². The lowest BCUT2D eigenvalue weighted by Crippen LogP contribution is -2.45. The second-order valence-corrected chi connectivity index (χ2v) is 10.9. The number of benzene rings is 2. The van der Waals surface area contributed by atoms with E-state index in [4.69, 9.17) is 0 Å². The van der Waals surface area contributed by atoms with Crippen LogP contribution < -0.4 is 14.5 Å². The van der Waals surface area contributed by atoms with Gasteiger partial charge in [-0.3, -0.25) is 0 Å². The third kappa shape index (κ3) is 5.46. The molecule has 36 heavy (non-hydrogen) atoms. The number of sulfonamides is 1. The van der Waals surface area contributed by atoms with Crippen LogP contribution in [0, 0.1) is 5.82 Å². The number of hydrogen-bond acceptors (Lipinski definition) is 5. The van der Waals surface area contributed by atoms with Gasteiger partial charge in [0.15, 0.2) is 0 Å². The summed E-state index contributed by atoms with van der Waals surface area (Å²) in [5, 5.41) is 0. The number of anilines is 2. The summed E-state index contributed by atoms with van der Waals surface area (Å²) in [6.07, 6.45) is -1.46. The summed E-state index contributed by atoms with van der Waals surface area (Å²) in [4.78, 5) is 6.28. The Morgan fingerprint density at radius 3 is 2.17 bits per heavy atom. The van der Waals surface area contributed by atoms with Crippen molar-refractivity contribution in [2.24, 2.45) is 0 Å². The van der Waals surface area contributed by atoms with Crippen molar-refractivity contribution < 1.29 is 26.0 Å². The molecular formula is C25H30F4N4O2S. The van der Waals surface area contributed by atoms with Gasteiger partial charge in [0.05, 0.1) is 10.5 Å². The number of rotatable bonds is 6. The van der Waals surface area contributed by atoms with Crippen molar-refractivity contribution in [3.05, 3.63) is 59.9 Å². The lowest BCUT2D eigenvalue weighted by atomic mass is 10.0. The normalized spacial score (nSPS) is 17.4. The Bertz CT molecular complexity index is 1220. The largest absolute Gasteiger partial charge is 0.419 e. The summed E-state index contributed by atoms with van der Waals surface area (Å²) in [5.41, 5.74) is 1.47. The molecule has 2 aromatic carbocycles. The van der Waals surface area contributed by atoms with Gasteiger partial charge >= 0.3 is 6.18 Å². The van der Waals surface area contributed by atoms with Crippen LogP contribution >= 0.6 is 0 Å². The number of halogens is 4. The van der Waals surface area contributed by atoms with E-state index >= 15 is 0 Å². The van der Waals surface area contributed by atoms with Crippen molar-refractivity contribution in [1.29, 1.82) is 0 Å². The maximum absolute atomic E-state index is 14.1. The maximum atomic E-state index is 14.1. The standard InChI is InChI=1S/C25H30F4N4O2S/c1-18(21-17-20(36(34,35)30-2)7-9-24(21)33-10-4-3-5-11-33)31-12-14-32(15-13-31)19-6-8-22(23(26)16-19)25(27,28)29/h6-9,16-17,30H,1,3-5,10-15H2,2H3. The lowest BCUT2D eigenvalue weighted by molar-refractivity contribution is -0.139. The van der Waals surface area contributed by atoms with Crippen molar-refractivity contribution in [2.45, 2.75) is 30.3 Å². The van der Waals surface area contributed by atoms with Crippen LogP contribution in [0.4, 0.5) is 28.9 Å². The molecule has 2 aromatic rings. The van der Waals surface area contributed by atoms with E-state index < -0.39 is 27.6 Å². The second kappa shape index (κ2) is 10.3. The Balaban J connectivity index is 1.54. The van der Waals surface area contributed by atoms with Gasteiger partial charge in [0, 0.05) is 61.9 Å². The van der Waals surface area contributed by atoms with Crippen molar-refractivity contribution in [3.8, 4) is 0 Å². The third-order valence-corrected chi connectivity index (χ3v) is 8.25. The van der Waals surface area contributed by atoms with Gasteiger partial charge in [0.25, 0.3) is 0 Å². The predicted octanol–water partition coefficient (Wildman–Crippen LogP) is 4.54. The smallest absolute Gasteiger partial charge is 0.371 e. The van der Waals surface area contributed by atoms with Crippen LogP contribution in [0.3, 0.4) is 0 Å². The molecule has 11 heteroatoms. The number of piperidine rings is 1. The van der Waals surface area contributed by atoms with Gasteiger partial charge in [-0.2, -0.15) is 13.2 Å². The molecule has 2 fully saturated rings. The molecule has 0 bridgehead atoms. The Morgan fingerprint density at radius 2 is 1.58 bits per heavy atom. The Hall–Kier alpha value is -2.79. The highest BCUT2D eigenvalue weighted by atomic mass is 32.2. The van der Waals surface area contributed by atoms with Crippen LogP contribution in [0.1, 0.15) is 30.4 Å². The van der Waals surface area contributed by atoms with Gasteiger partial charge in [0.2, 0.25) is 10.0 Å². The lowest BCUT2D eigenvalue weighted by Gasteiger charge is -2.39. The topological polar surface area (TPSA) is 55.9 Å². The number of piperazine rings is 1. The fraction of sp³-hybridized carbons (Fsp3) is 0.440. The average molecular weight is 527 g/mol. The van der Waals surface area contributed by atoms with Crippen molar-refractivity contribution in [1.82, 2.24) is 9.62 Å². The maximum Gasteiger partial charge on any atom is 0.419 e. The molecule has 0 atom stereocenters. The van der Waals surface area contributed by atoms with E-state index in [-0.39, 0.29) is 4.90 Å². The predicted molar refractivity (Wildman–Crippen MR) is 133 cm³/mol. The zero-order valence-electron chi connectivity index (χ0n) is 20.1. The van der Waals surface area contributed by atoms with Crippen LogP contribution in [0.5, 0.6) is 0 Å². The summed E-state index contributed by atoms with van der Waals surface area (Å²) in [6, 6.07) is 8.07. The molecule has 0 aliphatic carbocycles. The molecular weight excluding hydrogens is 496 g/mol.